The standard InChI is InChI=1S/C10H8BrNO3/c1-14-9-6(4-12)3-8(11)7(5-13)10(9)15-2/h3,5H,1-2H3. The van der Waals surface area contributed by atoms with Crippen LogP contribution in [0.15, 0.2) is 10.5 Å². The number of benzene rings is 1. The molecular formula is C10H8BrNO3. The molecule has 0 radical (unpaired) electrons. The molecule has 0 saturated carbocycles. The fourth-order valence-corrected chi connectivity index (χ4v) is 1.72. The third-order valence-electron chi connectivity index (χ3n) is 1.87. The first-order chi connectivity index (χ1) is 7.19. The number of rotatable bonds is 3. The molecule has 78 valence electrons. The highest BCUT2D eigenvalue weighted by Gasteiger charge is 2.17. The van der Waals surface area contributed by atoms with Crippen LogP contribution >= 0.6 is 15.9 Å². The summed E-state index contributed by atoms with van der Waals surface area (Å²) < 4.78 is 10.6. The summed E-state index contributed by atoms with van der Waals surface area (Å²) in [5, 5.41) is 8.86. The largest absolute Gasteiger partial charge is 0.492 e. The van der Waals surface area contributed by atoms with E-state index in [9.17, 15) is 4.79 Å². The van der Waals surface area contributed by atoms with Gasteiger partial charge >= 0.3 is 0 Å². The second-order valence-corrected chi connectivity index (χ2v) is 3.47. The molecule has 15 heavy (non-hydrogen) atoms. The summed E-state index contributed by atoms with van der Waals surface area (Å²) in [6.45, 7) is 0. The lowest BCUT2D eigenvalue weighted by Crippen LogP contribution is -1.99. The number of hydrogen-bond donors (Lipinski definition) is 0. The zero-order valence-corrected chi connectivity index (χ0v) is 9.79. The molecule has 0 spiro atoms. The molecule has 5 heteroatoms. The molecule has 0 unspecified atom stereocenters. The van der Waals surface area contributed by atoms with E-state index >= 15 is 0 Å². The summed E-state index contributed by atoms with van der Waals surface area (Å²) in [7, 11) is 2.83. The summed E-state index contributed by atoms with van der Waals surface area (Å²) in [6.07, 6.45) is 0.645. The maximum absolute atomic E-state index is 10.8. The van der Waals surface area contributed by atoms with Gasteiger partial charge < -0.3 is 9.47 Å². The highest BCUT2D eigenvalue weighted by molar-refractivity contribution is 9.10. The topological polar surface area (TPSA) is 59.3 Å². The quantitative estimate of drug-likeness (QED) is 0.789. The molecule has 0 bridgehead atoms. The van der Waals surface area contributed by atoms with E-state index < -0.39 is 0 Å². The van der Waals surface area contributed by atoms with Gasteiger partial charge in [-0.1, -0.05) is 0 Å². The molecule has 0 N–H and O–H groups in total. The minimum Gasteiger partial charge on any atom is -0.492 e. The van der Waals surface area contributed by atoms with E-state index in [0.29, 0.717) is 21.9 Å². The van der Waals surface area contributed by atoms with Crippen LogP contribution in [-0.4, -0.2) is 20.5 Å². The number of nitrogens with zero attached hydrogens (tertiary/aromatic N) is 1. The molecule has 1 rings (SSSR count). The van der Waals surface area contributed by atoms with E-state index in [1.165, 1.54) is 20.3 Å². The SMILES string of the molecule is COc1c(C#N)cc(Br)c(C=O)c1OC. The first kappa shape index (κ1) is 11.5. The Morgan fingerprint density at radius 3 is 2.40 bits per heavy atom. The molecule has 0 amide bonds. The monoisotopic (exact) mass is 269 g/mol. The Hall–Kier alpha value is -1.54. The van der Waals surface area contributed by atoms with Crippen molar-refractivity contribution in [3.05, 3.63) is 21.7 Å². The second-order valence-electron chi connectivity index (χ2n) is 2.62. The van der Waals surface area contributed by atoms with Crippen LogP contribution in [0.3, 0.4) is 0 Å². The zero-order chi connectivity index (χ0) is 11.4. The molecule has 0 aromatic heterocycles. The summed E-state index contributed by atoms with van der Waals surface area (Å²) in [4.78, 5) is 10.8. The highest BCUT2D eigenvalue weighted by Crippen LogP contribution is 2.37. The Labute approximate surface area is 95.5 Å². The van der Waals surface area contributed by atoms with Crippen LogP contribution < -0.4 is 9.47 Å². The molecule has 1 aromatic carbocycles. The van der Waals surface area contributed by atoms with Gasteiger partial charge in [0.05, 0.1) is 25.3 Å². The van der Waals surface area contributed by atoms with Gasteiger partial charge in [-0.15, -0.1) is 0 Å². The van der Waals surface area contributed by atoms with E-state index in [-0.39, 0.29) is 11.5 Å². The van der Waals surface area contributed by atoms with E-state index in [1.54, 1.807) is 0 Å². The van der Waals surface area contributed by atoms with Crippen molar-refractivity contribution in [1.29, 1.82) is 5.26 Å². The molecule has 0 saturated heterocycles. The summed E-state index contributed by atoms with van der Waals surface area (Å²) in [5.41, 5.74) is 0.639. The molecule has 0 atom stereocenters. The first-order valence-corrected chi connectivity index (χ1v) is 4.78. The van der Waals surface area contributed by atoms with E-state index in [4.69, 9.17) is 14.7 Å². The van der Waals surface area contributed by atoms with Gasteiger partial charge in [0.1, 0.15) is 6.07 Å². The van der Waals surface area contributed by atoms with Crippen molar-refractivity contribution in [2.24, 2.45) is 0 Å². The predicted molar refractivity (Wildman–Crippen MR) is 57.3 cm³/mol. The number of hydrogen-bond acceptors (Lipinski definition) is 4. The van der Waals surface area contributed by atoms with Crippen LogP contribution in [0.1, 0.15) is 15.9 Å². The Morgan fingerprint density at radius 2 is 2.00 bits per heavy atom. The highest BCUT2D eigenvalue weighted by atomic mass is 79.9. The van der Waals surface area contributed by atoms with E-state index in [0.717, 1.165) is 0 Å². The fourth-order valence-electron chi connectivity index (χ4n) is 1.22. The average molecular weight is 270 g/mol. The Morgan fingerprint density at radius 1 is 1.40 bits per heavy atom. The number of halogens is 1. The van der Waals surface area contributed by atoms with Crippen molar-refractivity contribution in [2.45, 2.75) is 0 Å². The third kappa shape index (κ3) is 1.95. The fraction of sp³-hybridized carbons (Fsp3) is 0.200. The van der Waals surface area contributed by atoms with Gasteiger partial charge in [0.2, 0.25) is 0 Å². The maximum Gasteiger partial charge on any atom is 0.179 e. The van der Waals surface area contributed by atoms with Gasteiger partial charge in [0, 0.05) is 4.47 Å². The minimum atomic E-state index is 0.262. The zero-order valence-electron chi connectivity index (χ0n) is 8.20. The number of methoxy groups -OCH3 is 2. The molecule has 0 aliphatic carbocycles. The Kier molecular flexibility index (Phi) is 3.69. The maximum atomic E-state index is 10.8. The van der Waals surface area contributed by atoms with Gasteiger partial charge in [0.15, 0.2) is 17.8 Å². The van der Waals surface area contributed by atoms with Crippen molar-refractivity contribution in [1.82, 2.24) is 0 Å². The van der Waals surface area contributed by atoms with Crippen molar-refractivity contribution in [3.8, 4) is 17.6 Å². The molecule has 1 aromatic rings. The van der Waals surface area contributed by atoms with Gasteiger partial charge in [-0.2, -0.15) is 5.26 Å². The van der Waals surface area contributed by atoms with Crippen molar-refractivity contribution >= 4 is 22.2 Å². The summed E-state index contributed by atoms with van der Waals surface area (Å²) in [5.74, 6) is 0.531. The van der Waals surface area contributed by atoms with E-state index in [1.807, 2.05) is 6.07 Å². The number of carbonyl (C=O) groups excluding carboxylic acids is 1. The molecule has 0 aliphatic rings. The lowest BCUT2D eigenvalue weighted by molar-refractivity contribution is 0.111. The lowest BCUT2D eigenvalue weighted by Gasteiger charge is -2.12. The van der Waals surface area contributed by atoms with Gasteiger partial charge in [0.25, 0.3) is 0 Å². The first-order valence-electron chi connectivity index (χ1n) is 3.99. The van der Waals surface area contributed by atoms with Crippen LogP contribution in [0.4, 0.5) is 0 Å². The minimum absolute atomic E-state index is 0.262. The predicted octanol–water partition coefficient (Wildman–Crippen LogP) is 2.15. The van der Waals surface area contributed by atoms with Crippen LogP contribution in [0.2, 0.25) is 0 Å². The van der Waals surface area contributed by atoms with Gasteiger partial charge in [-0.3, -0.25) is 4.79 Å². The number of carbonyl (C=O) groups is 1. The molecule has 0 fully saturated rings. The van der Waals surface area contributed by atoms with Crippen molar-refractivity contribution in [3.63, 3.8) is 0 Å². The lowest BCUT2D eigenvalue weighted by atomic mass is 10.1. The van der Waals surface area contributed by atoms with E-state index in [2.05, 4.69) is 15.9 Å². The number of aldehydes is 1. The molecule has 4 nitrogen and oxygen atoms in total. The third-order valence-corrected chi connectivity index (χ3v) is 2.53. The average Bonchev–Trinajstić information content (AvgIpc) is 2.27. The molecule has 0 aliphatic heterocycles. The second kappa shape index (κ2) is 4.80. The normalized spacial score (nSPS) is 9.20. The number of ether oxygens (including phenoxy) is 2. The Bertz CT molecular complexity index is 437. The summed E-state index contributed by atoms with van der Waals surface area (Å²) in [6, 6.07) is 3.48. The van der Waals surface area contributed by atoms with Gasteiger partial charge in [-0.25, -0.2) is 0 Å². The van der Waals surface area contributed by atoms with Crippen molar-refractivity contribution in [2.75, 3.05) is 14.2 Å². The van der Waals surface area contributed by atoms with Crippen LogP contribution in [0, 0.1) is 11.3 Å². The smallest absolute Gasteiger partial charge is 0.179 e. The molecular weight excluding hydrogens is 262 g/mol. The molecule has 0 heterocycles. The number of nitriles is 1. The van der Waals surface area contributed by atoms with Crippen molar-refractivity contribution < 1.29 is 14.3 Å². The van der Waals surface area contributed by atoms with Gasteiger partial charge in [-0.05, 0) is 22.0 Å². The summed E-state index contributed by atoms with van der Waals surface area (Å²) >= 11 is 3.19. The Balaban J connectivity index is 3.60. The van der Waals surface area contributed by atoms with Crippen LogP contribution in [0.25, 0.3) is 0 Å². The van der Waals surface area contributed by atoms with Crippen LogP contribution in [-0.2, 0) is 0 Å². The van der Waals surface area contributed by atoms with Crippen LogP contribution in [0.5, 0.6) is 11.5 Å².